The largest absolute Gasteiger partial charge is 0.339 e. The summed E-state index contributed by atoms with van der Waals surface area (Å²) in [5.74, 6) is 1.68. The van der Waals surface area contributed by atoms with E-state index in [0.717, 1.165) is 49.4 Å². The smallest absolute Gasteiger partial charge is 0.246 e. The van der Waals surface area contributed by atoms with Crippen molar-refractivity contribution in [3.63, 3.8) is 0 Å². The van der Waals surface area contributed by atoms with E-state index >= 15 is 0 Å². The van der Waals surface area contributed by atoms with Crippen molar-refractivity contribution in [3.05, 3.63) is 71.0 Å². The molecule has 4 rings (SSSR count). The maximum atomic E-state index is 12.5. The number of aryl methyl sites for hydroxylation is 1. The average Bonchev–Trinajstić information content (AvgIpc) is 3.03. The Hall–Kier alpha value is -2.59. The number of piperidine rings is 1. The first kappa shape index (κ1) is 18.8. The monoisotopic (exact) mass is 393 g/mol. The number of rotatable bonds is 4. The SMILES string of the molecule is Cc1nc2ccccc2n1CC1CCN(C(=O)/C=C/c2ccccc2Cl)CC1. The molecule has 0 aliphatic carbocycles. The van der Waals surface area contributed by atoms with Crippen molar-refractivity contribution in [1.82, 2.24) is 14.5 Å². The second kappa shape index (κ2) is 8.19. The predicted molar refractivity (Wildman–Crippen MR) is 114 cm³/mol. The molecule has 0 radical (unpaired) electrons. The molecule has 1 aliphatic rings. The first-order valence-corrected chi connectivity index (χ1v) is 10.1. The van der Waals surface area contributed by atoms with E-state index in [-0.39, 0.29) is 5.91 Å². The van der Waals surface area contributed by atoms with Crippen LogP contribution in [0.2, 0.25) is 5.02 Å². The van der Waals surface area contributed by atoms with Crippen LogP contribution in [-0.4, -0.2) is 33.4 Å². The Kier molecular flexibility index (Phi) is 5.49. The van der Waals surface area contributed by atoms with Gasteiger partial charge in [-0.25, -0.2) is 4.98 Å². The lowest BCUT2D eigenvalue weighted by Gasteiger charge is -2.31. The van der Waals surface area contributed by atoms with E-state index in [1.165, 1.54) is 5.52 Å². The van der Waals surface area contributed by atoms with Crippen molar-refractivity contribution in [2.75, 3.05) is 13.1 Å². The number of hydrogen-bond donors (Lipinski definition) is 0. The zero-order valence-corrected chi connectivity index (χ0v) is 16.8. The van der Waals surface area contributed by atoms with Gasteiger partial charge in [0.1, 0.15) is 5.82 Å². The molecule has 1 aliphatic heterocycles. The van der Waals surface area contributed by atoms with Gasteiger partial charge in [-0.3, -0.25) is 4.79 Å². The van der Waals surface area contributed by atoms with Gasteiger partial charge < -0.3 is 9.47 Å². The second-order valence-electron chi connectivity index (χ2n) is 7.38. The predicted octanol–water partition coefficient (Wildman–Crippen LogP) is 4.95. The normalized spacial score (nSPS) is 15.6. The fourth-order valence-corrected chi connectivity index (χ4v) is 4.10. The summed E-state index contributed by atoms with van der Waals surface area (Å²) in [5, 5.41) is 0.660. The van der Waals surface area contributed by atoms with Crippen LogP contribution in [0.25, 0.3) is 17.1 Å². The number of nitrogens with zero attached hydrogens (tertiary/aromatic N) is 3. The number of aromatic nitrogens is 2. The molecule has 4 nitrogen and oxygen atoms in total. The Bertz CT molecular complexity index is 1020. The number of halogens is 1. The van der Waals surface area contributed by atoms with Gasteiger partial charge in [-0.15, -0.1) is 0 Å². The first-order chi connectivity index (χ1) is 13.6. The third kappa shape index (κ3) is 3.97. The Morgan fingerprint density at radius 3 is 2.64 bits per heavy atom. The Morgan fingerprint density at radius 2 is 1.86 bits per heavy atom. The summed E-state index contributed by atoms with van der Waals surface area (Å²) < 4.78 is 2.31. The summed E-state index contributed by atoms with van der Waals surface area (Å²) >= 11 is 6.15. The molecular formula is C23H24ClN3O. The zero-order valence-electron chi connectivity index (χ0n) is 16.0. The molecule has 2 aromatic carbocycles. The quantitative estimate of drug-likeness (QED) is 0.588. The molecule has 0 saturated carbocycles. The van der Waals surface area contributed by atoms with Crippen LogP contribution in [0.5, 0.6) is 0 Å². The summed E-state index contributed by atoms with van der Waals surface area (Å²) in [4.78, 5) is 19.1. The van der Waals surface area contributed by atoms with E-state index in [4.69, 9.17) is 11.6 Å². The number of benzene rings is 2. The van der Waals surface area contributed by atoms with Crippen molar-refractivity contribution < 1.29 is 4.79 Å². The van der Waals surface area contributed by atoms with Crippen LogP contribution < -0.4 is 0 Å². The molecule has 0 spiro atoms. The van der Waals surface area contributed by atoms with Gasteiger partial charge in [-0.2, -0.15) is 0 Å². The van der Waals surface area contributed by atoms with Crippen LogP contribution in [0.3, 0.4) is 0 Å². The third-order valence-corrected chi connectivity index (χ3v) is 5.87. The molecule has 0 unspecified atom stereocenters. The van der Waals surface area contributed by atoms with E-state index in [0.29, 0.717) is 10.9 Å². The highest BCUT2D eigenvalue weighted by Crippen LogP contribution is 2.24. The average molecular weight is 394 g/mol. The van der Waals surface area contributed by atoms with Crippen LogP contribution in [0.15, 0.2) is 54.6 Å². The molecular weight excluding hydrogens is 370 g/mol. The molecule has 0 atom stereocenters. The lowest BCUT2D eigenvalue weighted by atomic mass is 9.96. The van der Waals surface area contributed by atoms with Gasteiger partial charge in [0, 0.05) is 30.7 Å². The number of hydrogen-bond acceptors (Lipinski definition) is 2. The van der Waals surface area contributed by atoms with Gasteiger partial charge in [-0.1, -0.05) is 41.9 Å². The molecule has 1 saturated heterocycles. The number of likely N-dealkylation sites (tertiary alicyclic amines) is 1. The minimum Gasteiger partial charge on any atom is -0.339 e. The zero-order chi connectivity index (χ0) is 19.5. The maximum Gasteiger partial charge on any atom is 0.246 e. The topological polar surface area (TPSA) is 38.1 Å². The Labute approximate surface area is 170 Å². The number of fused-ring (bicyclic) bond motifs is 1. The number of carbonyl (C=O) groups excluding carboxylic acids is 1. The van der Waals surface area contributed by atoms with Crippen LogP contribution >= 0.6 is 11.6 Å². The van der Waals surface area contributed by atoms with Crippen LogP contribution in [0.4, 0.5) is 0 Å². The molecule has 1 fully saturated rings. The van der Waals surface area contributed by atoms with Gasteiger partial charge in [0.25, 0.3) is 0 Å². The molecule has 3 aromatic rings. The molecule has 28 heavy (non-hydrogen) atoms. The van der Waals surface area contributed by atoms with Gasteiger partial charge >= 0.3 is 0 Å². The standard InChI is InChI=1S/C23H24ClN3O/c1-17-25-21-8-4-5-9-22(21)27(17)16-18-12-14-26(15-13-18)23(28)11-10-19-6-2-3-7-20(19)24/h2-11,18H,12-16H2,1H3/b11-10+. The minimum absolute atomic E-state index is 0.0580. The molecule has 1 amide bonds. The van der Waals surface area contributed by atoms with E-state index < -0.39 is 0 Å². The summed E-state index contributed by atoms with van der Waals surface area (Å²) in [7, 11) is 0. The van der Waals surface area contributed by atoms with Crippen molar-refractivity contribution in [2.24, 2.45) is 5.92 Å². The van der Waals surface area contributed by atoms with Crippen LogP contribution in [-0.2, 0) is 11.3 Å². The van der Waals surface area contributed by atoms with Crippen LogP contribution in [0.1, 0.15) is 24.2 Å². The Balaban J connectivity index is 1.36. The van der Waals surface area contributed by atoms with Crippen molar-refractivity contribution in [2.45, 2.75) is 26.3 Å². The summed E-state index contributed by atoms with van der Waals surface area (Å²) in [5.41, 5.74) is 3.12. The van der Waals surface area contributed by atoms with Crippen LogP contribution in [0, 0.1) is 12.8 Å². The van der Waals surface area contributed by atoms with Crippen molar-refractivity contribution in [1.29, 1.82) is 0 Å². The number of imidazole rings is 1. The highest BCUT2D eigenvalue weighted by atomic mass is 35.5. The van der Waals surface area contributed by atoms with E-state index in [1.807, 2.05) is 35.2 Å². The van der Waals surface area contributed by atoms with Gasteiger partial charge in [-0.05, 0) is 55.5 Å². The summed E-state index contributed by atoms with van der Waals surface area (Å²) in [6.07, 6.45) is 5.46. The van der Waals surface area contributed by atoms with Gasteiger partial charge in [0.15, 0.2) is 0 Å². The molecule has 0 bridgehead atoms. The fraction of sp³-hybridized carbons (Fsp3) is 0.304. The second-order valence-corrected chi connectivity index (χ2v) is 7.79. The van der Waals surface area contributed by atoms with E-state index in [2.05, 4.69) is 34.7 Å². The lowest BCUT2D eigenvalue weighted by molar-refractivity contribution is -0.127. The van der Waals surface area contributed by atoms with E-state index in [1.54, 1.807) is 12.2 Å². The van der Waals surface area contributed by atoms with E-state index in [9.17, 15) is 4.79 Å². The summed E-state index contributed by atoms with van der Waals surface area (Å²) in [6, 6.07) is 15.8. The number of para-hydroxylation sites is 2. The highest BCUT2D eigenvalue weighted by Gasteiger charge is 2.23. The third-order valence-electron chi connectivity index (χ3n) is 5.52. The highest BCUT2D eigenvalue weighted by molar-refractivity contribution is 6.32. The Morgan fingerprint density at radius 1 is 1.14 bits per heavy atom. The molecule has 1 aromatic heterocycles. The van der Waals surface area contributed by atoms with Gasteiger partial charge in [0.2, 0.25) is 5.91 Å². The molecule has 144 valence electrons. The summed E-state index contributed by atoms with van der Waals surface area (Å²) in [6.45, 7) is 4.62. The number of amides is 1. The molecule has 0 N–H and O–H groups in total. The fourth-order valence-electron chi connectivity index (χ4n) is 3.90. The van der Waals surface area contributed by atoms with Crippen molar-refractivity contribution >= 4 is 34.6 Å². The molecule has 5 heteroatoms. The van der Waals surface area contributed by atoms with Gasteiger partial charge in [0.05, 0.1) is 11.0 Å². The lowest BCUT2D eigenvalue weighted by Crippen LogP contribution is -2.38. The first-order valence-electron chi connectivity index (χ1n) is 9.75. The molecule has 2 heterocycles. The maximum absolute atomic E-state index is 12.5. The number of carbonyl (C=O) groups is 1. The van der Waals surface area contributed by atoms with Crippen molar-refractivity contribution in [3.8, 4) is 0 Å². The minimum atomic E-state index is 0.0580.